The lowest BCUT2D eigenvalue weighted by atomic mass is 9.73. The quantitative estimate of drug-likeness (QED) is 0.699. The number of hydrogen-bond acceptors (Lipinski definition) is 4. The van der Waals surface area contributed by atoms with Crippen molar-refractivity contribution in [1.82, 2.24) is 5.32 Å². The molecule has 0 saturated carbocycles. The number of carbonyl (C=O) groups excluding carboxylic acids is 2. The number of rotatable bonds is 4. The summed E-state index contributed by atoms with van der Waals surface area (Å²) in [7, 11) is 3.15. The average molecular weight is 470 g/mol. The summed E-state index contributed by atoms with van der Waals surface area (Å²) in [5.41, 5.74) is 4.64. The lowest BCUT2D eigenvalue weighted by Gasteiger charge is -2.35. The molecule has 0 saturated heterocycles. The highest BCUT2D eigenvalue weighted by molar-refractivity contribution is 9.10. The minimum absolute atomic E-state index is 0.0715. The molecule has 1 aliphatic carbocycles. The van der Waals surface area contributed by atoms with Crippen molar-refractivity contribution in [3.63, 3.8) is 0 Å². The van der Waals surface area contributed by atoms with E-state index in [2.05, 4.69) is 45.5 Å². The Labute approximate surface area is 184 Å². The van der Waals surface area contributed by atoms with E-state index in [1.54, 1.807) is 14.2 Å². The van der Waals surface area contributed by atoms with Gasteiger partial charge < -0.3 is 14.8 Å². The Morgan fingerprint density at radius 2 is 1.63 bits per heavy atom. The first kappa shape index (κ1) is 20.7. The summed E-state index contributed by atoms with van der Waals surface area (Å²) in [6, 6.07) is 12.0. The number of allylic oxidation sites excluding steroid dienone is 2. The van der Waals surface area contributed by atoms with Gasteiger partial charge >= 0.3 is 0 Å². The van der Waals surface area contributed by atoms with Crippen LogP contribution in [0, 0.1) is 6.92 Å². The number of carbonyl (C=O) groups is 2. The highest BCUT2D eigenvalue weighted by atomic mass is 79.9. The van der Waals surface area contributed by atoms with E-state index in [9.17, 15) is 9.59 Å². The van der Waals surface area contributed by atoms with Gasteiger partial charge in [-0.3, -0.25) is 9.59 Å². The fourth-order valence-electron chi connectivity index (χ4n) is 4.44. The Kier molecular flexibility index (Phi) is 5.69. The zero-order chi connectivity index (χ0) is 21.4. The smallest absolute Gasteiger partial charge is 0.225 e. The molecule has 0 radical (unpaired) electrons. The maximum atomic E-state index is 13.3. The Morgan fingerprint density at radius 1 is 0.967 bits per heavy atom. The van der Waals surface area contributed by atoms with Gasteiger partial charge in [-0.25, -0.2) is 0 Å². The fraction of sp³-hybridized carbons (Fsp3) is 0.333. The van der Waals surface area contributed by atoms with E-state index in [0.29, 0.717) is 29.9 Å². The molecular formula is C24H24BrNO4. The SMILES string of the molecule is COc1cc(Br)c(C2CC(=O)NC3=C2C(=O)CC(c2ccc(C)cc2)C3)cc1OC. The lowest BCUT2D eigenvalue weighted by molar-refractivity contribution is -0.122. The van der Waals surface area contributed by atoms with Crippen molar-refractivity contribution in [3.05, 3.63) is 68.8 Å². The van der Waals surface area contributed by atoms with Crippen LogP contribution in [-0.2, 0) is 9.59 Å². The van der Waals surface area contributed by atoms with E-state index in [1.165, 1.54) is 5.56 Å². The van der Waals surface area contributed by atoms with E-state index < -0.39 is 0 Å². The van der Waals surface area contributed by atoms with Gasteiger partial charge in [-0.05, 0) is 42.5 Å². The summed E-state index contributed by atoms with van der Waals surface area (Å²) in [5.74, 6) is 0.951. The van der Waals surface area contributed by atoms with E-state index in [1.807, 2.05) is 19.1 Å². The molecule has 1 N–H and O–H groups in total. The van der Waals surface area contributed by atoms with Crippen LogP contribution in [0.15, 0.2) is 52.1 Å². The van der Waals surface area contributed by atoms with E-state index in [-0.39, 0.29) is 29.9 Å². The van der Waals surface area contributed by atoms with Crippen LogP contribution in [0.1, 0.15) is 47.8 Å². The average Bonchev–Trinajstić information content (AvgIpc) is 2.73. The maximum absolute atomic E-state index is 13.3. The van der Waals surface area contributed by atoms with Gasteiger partial charge in [0, 0.05) is 34.5 Å². The van der Waals surface area contributed by atoms with E-state index in [0.717, 1.165) is 21.3 Å². The third-order valence-corrected chi connectivity index (χ3v) is 6.65. The number of ketones is 1. The predicted octanol–water partition coefficient (Wildman–Crippen LogP) is 4.78. The highest BCUT2D eigenvalue weighted by Gasteiger charge is 2.39. The van der Waals surface area contributed by atoms with Gasteiger partial charge in [-0.1, -0.05) is 45.8 Å². The molecule has 0 spiro atoms. The van der Waals surface area contributed by atoms with Crippen LogP contribution in [-0.4, -0.2) is 25.9 Å². The normalized spacial score (nSPS) is 21.2. The van der Waals surface area contributed by atoms with Crippen LogP contribution < -0.4 is 14.8 Å². The van der Waals surface area contributed by atoms with Crippen LogP contribution in [0.4, 0.5) is 0 Å². The first-order valence-corrected chi connectivity index (χ1v) is 10.7. The van der Waals surface area contributed by atoms with Gasteiger partial charge in [0.25, 0.3) is 0 Å². The second-order valence-corrected chi connectivity index (χ2v) is 8.72. The molecule has 2 aromatic rings. The van der Waals surface area contributed by atoms with Gasteiger partial charge in [0.1, 0.15) is 0 Å². The minimum atomic E-state index is -0.311. The van der Waals surface area contributed by atoms with Gasteiger partial charge in [0.15, 0.2) is 17.3 Å². The number of Topliss-reactive ketones (excluding diaryl/α,β-unsaturated/α-hetero) is 1. The van der Waals surface area contributed by atoms with Crippen LogP contribution in [0.5, 0.6) is 11.5 Å². The second kappa shape index (κ2) is 8.26. The molecule has 1 amide bonds. The van der Waals surface area contributed by atoms with Crippen molar-refractivity contribution in [2.75, 3.05) is 14.2 Å². The van der Waals surface area contributed by atoms with Crippen LogP contribution in [0.3, 0.4) is 0 Å². The largest absolute Gasteiger partial charge is 0.493 e. The van der Waals surface area contributed by atoms with E-state index >= 15 is 0 Å². The standard InChI is InChI=1S/C24H24BrNO4/c1-13-4-6-14(7-5-13)15-8-19-24(20(27)9-15)17(11-23(28)26-19)16-10-21(29-2)22(30-3)12-18(16)25/h4-7,10,12,15,17H,8-9,11H2,1-3H3,(H,26,28). The second-order valence-electron chi connectivity index (χ2n) is 7.86. The Bertz CT molecular complexity index is 1040. The first-order valence-electron chi connectivity index (χ1n) is 9.95. The number of hydrogen-bond donors (Lipinski definition) is 1. The molecule has 6 heteroatoms. The first-order chi connectivity index (χ1) is 14.4. The molecule has 0 aromatic heterocycles. The number of halogens is 1. The van der Waals surface area contributed by atoms with Crippen molar-refractivity contribution in [3.8, 4) is 11.5 Å². The molecule has 30 heavy (non-hydrogen) atoms. The monoisotopic (exact) mass is 469 g/mol. The number of amides is 1. The van der Waals surface area contributed by atoms with Gasteiger partial charge in [-0.15, -0.1) is 0 Å². The molecule has 2 unspecified atom stereocenters. The number of benzene rings is 2. The third-order valence-electron chi connectivity index (χ3n) is 5.96. The minimum Gasteiger partial charge on any atom is -0.493 e. The zero-order valence-electron chi connectivity index (χ0n) is 17.3. The summed E-state index contributed by atoms with van der Waals surface area (Å²) >= 11 is 3.60. The van der Waals surface area contributed by atoms with Crippen LogP contribution >= 0.6 is 15.9 Å². The van der Waals surface area contributed by atoms with Crippen molar-refractivity contribution in [1.29, 1.82) is 0 Å². The summed E-state index contributed by atoms with van der Waals surface area (Å²) < 4.78 is 11.6. The molecule has 0 fully saturated rings. The maximum Gasteiger partial charge on any atom is 0.225 e. The molecule has 156 valence electrons. The van der Waals surface area contributed by atoms with E-state index in [4.69, 9.17) is 9.47 Å². The molecule has 2 aromatic carbocycles. The van der Waals surface area contributed by atoms with Crippen LogP contribution in [0.25, 0.3) is 0 Å². The zero-order valence-corrected chi connectivity index (χ0v) is 18.8. The predicted molar refractivity (Wildman–Crippen MR) is 118 cm³/mol. The number of nitrogens with one attached hydrogen (secondary N) is 1. The molecule has 4 rings (SSSR count). The Hall–Kier alpha value is -2.60. The topological polar surface area (TPSA) is 64.6 Å². The van der Waals surface area contributed by atoms with Crippen LogP contribution in [0.2, 0.25) is 0 Å². The molecule has 1 heterocycles. The molecule has 2 atom stereocenters. The molecule has 0 bridgehead atoms. The molecule has 5 nitrogen and oxygen atoms in total. The van der Waals surface area contributed by atoms with Crippen molar-refractivity contribution in [2.45, 2.75) is 38.0 Å². The lowest BCUT2D eigenvalue weighted by Crippen LogP contribution is -2.38. The number of aryl methyl sites for hydroxylation is 1. The summed E-state index contributed by atoms with van der Waals surface area (Å²) in [5, 5.41) is 2.98. The fourth-order valence-corrected chi connectivity index (χ4v) is 5.04. The van der Waals surface area contributed by atoms with Gasteiger partial charge in [0.2, 0.25) is 5.91 Å². The molecular weight excluding hydrogens is 446 g/mol. The number of ether oxygens (including phenoxy) is 2. The highest BCUT2D eigenvalue weighted by Crippen LogP contribution is 2.46. The van der Waals surface area contributed by atoms with Crippen molar-refractivity contribution < 1.29 is 19.1 Å². The molecule has 2 aliphatic rings. The van der Waals surface area contributed by atoms with Crippen molar-refractivity contribution >= 4 is 27.6 Å². The van der Waals surface area contributed by atoms with Gasteiger partial charge in [0.05, 0.1) is 14.2 Å². The summed E-state index contributed by atoms with van der Waals surface area (Å²) in [6.45, 7) is 2.05. The third kappa shape index (κ3) is 3.76. The summed E-state index contributed by atoms with van der Waals surface area (Å²) in [6.07, 6.45) is 1.32. The Balaban J connectivity index is 1.75. The summed E-state index contributed by atoms with van der Waals surface area (Å²) in [4.78, 5) is 25.8. The number of methoxy groups -OCH3 is 2. The van der Waals surface area contributed by atoms with Crippen molar-refractivity contribution in [2.24, 2.45) is 0 Å². The molecule has 1 aliphatic heterocycles. The van der Waals surface area contributed by atoms with Gasteiger partial charge in [-0.2, -0.15) is 0 Å². The Morgan fingerprint density at radius 3 is 2.30 bits per heavy atom.